The van der Waals surface area contributed by atoms with Crippen molar-refractivity contribution in [2.24, 2.45) is 0 Å². The van der Waals surface area contributed by atoms with Crippen molar-refractivity contribution in [2.75, 3.05) is 0 Å². The van der Waals surface area contributed by atoms with Crippen LogP contribution in [0.1, 0.15) is 25.0 Å². The summed E-state index contributed by atoms with van der Waals surface area (Å²) in [6, 6.07) is 38.2. The number of nitrogens with zero attached hydrogens (tertiary/aromatic N) is 1. The van der Waals surface area contributed by atoms with Gasteiger partial charge in [-0.25, -0.2) is 0 Å². The number of hydrogen-bond acceptors (Lipinski definition) is 1. The number of fused-ring (bicyclic) bond motifs is 10. The smallest absolute Gasteiger partial charge is 0.0719 e. The lowest BCUT2D eigenvalue weighted by Gasteiger charge is -2.22. The van der Waals surface area contributed by atoms with Gasteiger partial charge in [0.05, 0.1) is 15.7 Å². The fourth-order valence-corrected chi connectivity index (χ4v) is 7.57. The highest BCUT2D eigenvalue weighted by Gasteiger charge is 2.35. The fourth-order valence-electron chi connectivity index (χ4n) is 6.33. The Morgan fingerprint density at radius 2 is 1.31 bits per heavy atom. The van der Waals surface area contributed by atoms with Crippen molar-refractivity contribution in [2.45, 2.75) is 19.3 Å². The molecule has 0 unspecified atom stereocenters. The number of aromatic nitrogens is 1. The average molecular weight is 466 g/mol. The van der Waals surface area contributed by atoms with Crippen LogP contribution in [0.2, 0.25) is 0 Å². The first-order valence-electron chi connectivity index (χ1n) is 12.2. The lowest BCUT2D eigenvalue weighted by molar-refractivity contribution is 0.660. The van der Waals surface area contributed by atoms with Crippen LogP contribution in [0, 0.1) is 0 Å². The third-order valence-electron chi connectivity index (χ3n) is 8.00. The monoisotopic (exact) mass is 465 g/mol. The second-order valence-electron chi connectivity index (χ2n) is 10.2. The molecule has 0 spiro atoms. The van der Waals surface area contributed by atoms with Crippen LogP contribution in [0.4, 0.5) is 0 Å². The van der Waals surface area contributed by atoms with Gasteiger partial charge < -0.3 is 4.57 Å². The minimum Gasteiger partial charge on any atom is -0.308 e. The second kappa shape index (κ2) is 6.62. The second-order valence-corrected chi connectivity index (χ2v) is 11.2. The molecule has 2 heteroatoms. The van der Waals surface area contributed by atoms with Gasteiger partial charge in [-0.1, -0.05) is 92.7 Å². The summed E-state index contributed by atoms with van der Waals surface area (Å²) in [6.07, 6.45) is 0. The highest BCUT2D eigenvalue weighted by Crippen LogP contribution is 2.50. The van der Waals surface area contributed by atoms with E-state index in [0.717, 1.165) is 0 Å². The molecular weight excluding hydrogens is 442 g/mol. The van der Waals surface area contributed by atoms with Gasteiger partial charge in [-0.15, -0.1) is 11.3 Å². The van der Waals surface area contributed by atoms with Crippen LogP contribution < -0.4 is 0 Å². The first kappa shape index (κ1) is 19.4. The summed E-state index contributed by atoms with van der Waals surface area (Å²) < 4.78 is 5.21. The van der Waals surface area contributed by atoms with Crippen molar-refractivity contribution in [1.82, 2.24) is 4.57 Å². The topological polar surface area (TPSA) is 4.93 Å². The summed E-state index contributed by atoms with van der Waals surface area (Å²) in [5.74, 6) is 0. The molecule has 0 fully saturated rings. The molecule has 0 N–H and O–H groups in total. The van der Waals surface area contributed by atoms with Gasteiger partial charge in [-0.05, 0) is 46.5 Å². The molecule has 0 saturated heterocycles. The summed E-state index contributed by atoms with van der Waals surface area (Å²) in [6.45, 7) is 4.72. The normalized spacial score (nSPS) is 14.2. The number of rotatable bonds is 1. The number of thiophene rings is 1. The van der Waals surface area contributed by atoms with Crippen molar-refractivity contribution in [3.63, 3.8) is 0 Å². The molecule has 1 aliphatic carbocycles. The molecule has 1 aliphatic rings. The van der Waals surface area contributed by atoms with Gasteiger partial charge in [-0.3, -0.25) is 0 Å². The van der Waals surface area contributed by atoms with E-state index in [9.17, 15) is 0 Å². The molecule has 1 nitrogen and oxygen atoms in total. The van der Waals surface area contributed by atoms with Crippen molar-refractivity contribution < 1.29 is 0 Å². The summed E-state index contributed by atoms with van der Waals surface area (Å²) in [5, 5.41) is 5.32. The molecule has 35 heavy (non-hydrogen) atoms. The Kier molecular flexibility index (Phi) is 3.67. The van der Waals surface area contributed by atoms with Gasteiger partial charge in [0.15, 0.2) is 0 Å². The first-order valence-corrected chi connectivity index (χ1v) is 13.0. The van der Waals surface area contributed by atoms with Crippen LogP contribution in [0.25, 0.3) is 58.8 Å². The Hall–Kier alpha value is -3.88. The Labute approximate surface area is 207 Å². The molecule has 0 saturated carbocycles. The largest absolute Gasteiger partial charge is 0.308 e. The molecule has 5 aromatic carbocycles. The van der Waals surface area contributed by atoms with Crippen LogP contribution in [-0.2, 0) is 5.41 Å². The molecule has 8 rings (SSSR count). The van der Waals surface area contributed by atoms with Crippen LogP contribution in [0.3, 0.4) is 0 Å². The zero-order valence-corrected chi connectivity index (χ0v) is 20.5. The molecule has 2 aromatic heterocycles. The molecule has 7 aromatic rings. The highest BCUT2D eigenvalue weighted by molar-refractivity contribution is 7.26. The van der Waals surface area contributed by atoms with Gasteiger partial charge >= 0.3 is 0 Å². The summed E-state index contributed by atoms with van der Waals surface area (Å²) in [4.78, 5) is 0. The molecule has 166 valence electrons. The number of para-hydroxylation sites is 1. The van der Waals surface area contributed by atoms with Crippen LogP contribution in [-0.4, -0.2) is 4.57 Å². The predicted molar refractivity (Wildman–Crippen MR) is 151 cm³/mol. The van der Waals surface area contributed by atoms with E-state index in [0.29, 0.717) is 0 Å². The zero-order valence-electron chi connectivity index (χ0n) is 19.7. The summed E-state index contributed by atoms with van der Waals surface area (Å²) in [5.41, 5.74) is 9.36. The molecule has 0 amide bonds. The van der Waals surface area contributed by atoms with Crippen LogP contribution >= 0.6 is 11.3 Å². The van der Waals surface area contributed by atoms with Gasteiger partial charge in [0.1, 0.15) is 0 Å². The molecule has 0 aliphatic heterocycles. The van der Waals surface area contributed by atoms with E-state index in [1.54, 1.807) is 0 Å². The van der Waals surface area contributed by atoms with E-state index in [-0.39, 0.29) is 5.41 Å². The number of benzene rings is 5. The average Bonchev–Trinajstić information content (AvgIpc) is 3.51. The maximum atomic E-state index is 2.50. The third kappa shape index (κ3) is 2.42. The maximum absolute atomic E-state index is 2.50. The molecule has 0 atom stereocenters. The molecule has 2 heterocycles. The lowest BCUT2D eigenvalue weighted by Crippen LogP contribution is -2.15. The van der Waals surface area contributed by atoms with E-state index in [2.05, 4.69) is 122 Å². The molecule has 0 bridgehead atoms. The Balaban J connectivity index is 1.51. The fraction of sp³-hybridized carbons (Fsp3) is 0.0909. The van der Waals surface area contributed by atoms with E-state index in [1.807, 2.05) is 11.3 Å². The van der Waals surface area contributed by atoms with Crippen molar-refractivity contribution >= 4 is 53.3 Å². The van der Waals surface area contributed by atoms with Gasteiger partial charge in [0.2, 0.25) is 0 Å². The Morgan fingerprint density at radius 3 is 2.23 bits per heavy atom. The van der Waals surface area contributed by atoms with E-state index in [4.69, 9.17) is 0 Å². The van der Waals surface area contributed by atoms with Crippen molar-refractivity contribution in [1.29, 1.82) is 0 Å². The quantitative estimate of drug-likeness (QED) is 0.227. The number of hydrogen-bond donors (Lipinski definition) is 0. The van der Waals surface area contributed by atoms with Crippen LogP contribution in [0.5, 0.6) is 0 Å². The van der Waals surface area contributed by atoms with Crippen molar-refractivity contribution in [3.8, 4) is 16.8 Å². The third-order valence-corrected chi connectivity index (χ3v) is 9.20. The highest BCUT2D eigenvalue weighted by atomic mass is 32.1. The van der Waals surface area contributed by atoms with E-state index >= 15 is 0 Å². The van der Waals surface area contributed by atoms with E-state index < -0.39 is 0 Å². The first-order chi connectivity index (χ1) is 17.1. The summed E-state index contributed by atoms with van der Waals surface area (Å²) in [7, 11) is 0. The maximum Gasteiger partial charge on any atom is 0.0719 e. The standard InChI is InChI=1S/C33H23NS/c1-33(2)27-12-6-3-9-21(27)22-16-15-20(19-28(22)33)34-29-13-7-4-10-23(29)25-17-18-26-24-11-5-8-14-30(24)35-32(26)31(25)34/h3-19H,1-2H3. The minimum absolute atomic E-state index is 0.0202. The van der Waals surface area contributed by atoms with E-state index in [1.165, 1.54) is 69.9 Å². The SMILES string of the molecule is CC1(C)c2ccccc2-c2ccc(-n3c4ccccc4c4ccc5c6ccccc6sc5c43)cc21. The Bertz CT molecular complexity index is 1980. The molecular formula is C33H23NS. The van der Waals surface area contributed by atoms with Crippen molar-refractivity contribution in [3.05, 3.63) is 114 Å². The Morgan fingerprint density at radius 1 is 0.600 bits per heavy atom. The molecule has 0 radical (unpaired) electrons. The van der Waals surface area contributed by atoms with Gasteiger partial charge in [-0.2, -0.15) is 0 Å². The lowest BCUT2D eigenvalue weighted by atomic mass is 9.82. The van der Waals surface area contributed by atoms with Crippen LogP contribution in [0.15, 0.2) is 103 Å². The van der Waals surface area contributed by atoms with Gasteiger partial charge in [0.25, 0.3) is 0 Å². The zero-order chi connectivity index (χ0) is 23.3. The minimum atomic E-state index is -0.0202. The summed E-state index contributed by atoms with van der Waals surface area (Å²) >= 11 is 1.91. The van der Waals surface area contributed by atoms with Gasteiger partial charge in [0, 0.05) is 37.3 Å². The predicted octanol–water partition coefficient (Wildman–Crippen LogP) is 9.46.